The summed E-state index contributed by atoms with van der Waals surface area (Å²) >= 11 is 5.93. The molecule has 0 amide bonds. The van der Waals surface area contributed by atoms with Gasteiger partial charge < -0.3 is 4.42 Å². The topological polar surface area (TPSA) is 63.4 Å². The van der Waals surface area contributed by atoms with E-state index in [0.717, 1.165) is 32.1 Å². The average molecular weight is 449 g/mol. The highest BCUT2D eigenvalue weighted by Crippen LogP contribution is 2.31. The van der Waals surface area contributed by atoms with Gasteiger partial charge in [-0.15, -0.1) is 0 Å². The Kier molecular flexibility index (Phi) is 6.22. The standard InChI is InChI=1S/C22H22ClFN2O3S/c23-18-8-10-20(11-9-18)30(27,28)26(19-4-2-1-3-5-19)15-17-7-6-16(14-21(17)24)22-25-12-13-29-22/h6-14,19H,1-5,15H2. The van der Waals surface area contributed by atoms with E-state index in [4.69, 9.17) is 16.0 Å². The normalized spacial score (nSPS) is 15.6. The van der Waals surface area contributed by atoms with Crippen LogP contribution in [0.2, 0.25) is 5.02 Å². The van der Waals surface area contributed by atoms with Crippen LogP contribution in [0.4, 0.5) is 4.39 Å². The van der Waals surface area contributed by atoms with Crippen molar-refractivity contribution in [2.75, 3.05) is 0 Å². The molecular formula is C22H22ClFN2O3S. The summed E-state index contributed by atoms with van der Waals surface area (Å²) in [7, 11) is -3.81. The van der Waals surface area contributed by atoms with Gasteiger partial charge in [0.05, 0.1) is 11.1 Å². The summed E-state index contributed by atoms with van der Waals surface area (Å²) in [6.07, 6.45) is 7.46. The number of sulfonamides is 1. The van der Waals surface area contributed by atoms with Gasteiger partial charge in [-0.25, -0.2) is 17.8 Å². The van der Waals surface area contributed by atoms with Gasteiger partial charge in [0.25, 0.3) is 0 Å². The monoisotopic (exact) mass is 448 g/mol. The third-order valence-electron chi connectivity index (χ3n) is 5.46. The zero-order chi connectivity index (χ0) is 21.1. The number of aromatic nitrogens is 1. The molecule has 1 saturated carbocycles. The molecule has 1 aliphatic carbocycles. The molecule has 0 N–H and O–H groups in total. The molecule has 1 aliphatic rings. The maximum absolute atomic E-state index is 14.9. The summed E-state index contributed by atoms with van der Waals surface area (Å²) < 4.78 is 48.5. The number of rotatable bonds is 6. The van der Waals surface area contributed by atoms with Crippen molar-refractivity contribution in [1.29, 1.82) is 0 Å². The van der Waals surface area contributed by atoms with Gasteiger partial charge in [-0.3, -0.25) is 0 Å². The van der Waals surface area contributed by atoms with E-state index in [0.29, 0.717) is 22.0 Å². The third kappa shape index (κ3) is 4.43. The molecular weight excluding hydrogens is 427 g/mol. The molecule has 2 aromatic carbocycles. The minimum absolute atomic E-state index is 0.0344. The van der Waals surface area contributed by atoms with E-state index in [9.17, 15) is 12.8 Å². The fraction of sp³-hybridized carbons (Fsp3) is 0.318. The Morgan fingerprint density at radius 2 is 1.83 bits per heavy atom. The molecule has 1 aromatic heterocycles. The first-order valence-corrected chi connectivity index (χ1v) is 11.7. The van der Waals surface area contributed by atoms with Crippen LogP contribution in [0, 0.1) is 5.82 Å². The van der Waals surface area contributed by atoms with Crippen LogP contribution in [-0.2, 0) is 16.6 Å². The van der Waals surface area contributed by atoms with E-state index < -0.39 is 15.8 Å². The molecule has 0 saturated heterocycles. The average Bonchev–Trinajstić information content (AvgIpc) is 3.28. The Hall–Kier alpha value is -2.22. The van der Waals surface area contributed by atoms with E-state index in [2.05, 4.69) is 4.98 Å². The Bertz CT molecular complexity index is 1100. The van der Waals surface area contributed by atoms with Crippen molar-refractivity contribution in [3.05, 3.63) is 71.3 Å². The highest BCUT2D eigenvalue weighted by Gasteiger charge is 2.33. The SMILES string of the molecule is O=S(=O)(c1ccc(Cl)cc1)N(Cc1ccc(-c2ncco2)cc1F)C1CCCCC1. The molecule has 5 nitrogen and oxygen atoms in total. The van der Waals surface area contributed by atoms with Gasteiger partial charge in [0.15, 0.2) is 0 Å². The van der Waals surface area contributed by atoms with Gasteiger partial charge in [-0.1, -0.05) is 36.9 Å². The van der Waals surface area contributed by atoms with Crippen LogP contribution in [0.25, 0.3) is 11.5 Å². The summed E-state index contributed by atoms with van der Waals surface area (Å²) in [5.41, 5.74) is 0.819. The van der Waals surface area contributed by atoms with Gasteiger partial charge in [0, 0.05) is 28.7 Å². The first kappa shape index (κ1) is 21.0. The highest BCUT2D eigenvalue weighted by atomic mass is 35.5. The van der Waals surface area contributed by atoms with Gasteiger partial charge in [0.2, 0.25) is 15.9 Å². The quantitative estimate of drug-likeness (QED) is 0.488. The molecule has 0 aliphatic heterocycles. The maximum Gasteiger partial charge on any atom is 0.243 e. The number of oxazole rings is 1. The smallest absolute Gasteiger partial charge is 0.243 e. The van der Waals surface area contributed by atoms with Crippen LogP contribution < -0.4 is 0 Å². The van der Waals surface area contributed by atoms with E-state index in [1.54, 1.807) is 24.3 Å². The van der Waals surface area contributed by atoms with Gasteiger partial charge in [-0.05, 0) is 49.2 Å². The Balaban J connectivity index is 1.67. The molecule has 0 bridgehead atoms. The molecule has 0 radical (unpaired) electrons. The fourth-order valence-corrected chi connectivity index (χ4v) is 5.65. The lowest BCUT2D eigenvalue weighted by molar-refractivity contribution is 0.245. The number of benzene rings is 2. The van der Waals surface area contributed by atoms with Crippen LogP contribution in [0.15, 0.2) is 64.2 Å². The summed E-state index contributed by atoms with van der Waals surface area (Å²) in [6.45, 7) is -0.0344. The molecule has 0 spiro atoms. The van der Waals surface area contributed by atoms with Crippen molar-refractivity contribution in [2.45, 2.75) is 49.6 Å². The minimum atomic E-state index is -3.81. The molecule has 1 heterocycles. The van der Waals surface area contributed by atoms with Crippen LogP contribution in [-0.4, -0.2) is 23.7 Å². The largest absolute Gasteiger partial charge is 0.445 e. The first-order valence-electron chi connectivity index (χ1n) is 9.91. The van der Waals surface area contributed by atoms with Crippen LogP contribution in [0.1, 0.15) is 37.7 Å². The molecule has 3 aromatic rings. The Morgan fingerprint density at radius 1 is 1.10 bits per heavy atom. The zero-order valence-electron chi connectivity index (χ0n) is 16.3. The second-order valence-corrected chi connectivity index (χ2v) is 9.77. The van der Waals surface area contributed by atoms with Crippen molar-refractivity contribution in [3.63, 3.8) is 0 Å². The van der Waals surface area contributed by atoms with Crippen molar-refractivity contribution in [1.82, 2.24) is 9.29 Å². The molecule has 0 unspecified atom stereocenters. The fourth-order valence-electron chi connectivity index (χ4n) is 3.86. The second-order valence-electron chi connectivity index (χ2n) is 7.44. The van der Waals surface area contributed by atoms with Crippen LogP contribution in [0.3, 0.4) is 0 Å². The molecule has 158 valence electrons. The van der Waals surface area contributed by atoms with E-state index in [1.165, 1.54) is 35.0 Å². The van der Waals surface area contributed by atoms with E-state index in [-0.39, 0.29) is 17.5 Å². The first-order chi connectivity index (χ1) is 14.4. The van der Waals surface area contributed by atoms with Crippen molar-refractivity contribution >= 4 is 21.6 Å². The Morgan fingerprint density at radius 3 is 2.47 bits per heavy atom. The predicted molar refractivity (Wildman–Crippen MR) is 113 cm³/mol. The molecule has 8 heteroatoms. The summed E-state index contributed by atoms with van der Waals surface area (Å²) in [5.74, 6) is -0.170. The lowest BCUT2D eigenvalue weighted by Gasteiger charge is -2.33. The third-order valence-corrected chi connectivity index (χ3v) is 7.63. The zero-order valence-corrected chi connectivity index (χ0v) is 17.9. The number of hydrogen-bond donors (Lipinski definition) is 0. The van der Waals surface area contributed by atoms with E-state index >= 15 is 0 Å². The lowest BCUT2D eigenvalue weighted by Crippen LogP contribution is -2.41. The van der Waals surface area contributed by atoms with Crippen molar-refractivity contribution in [2.24, 2.45) is 0 Å². The van der Waals surface area contributed by atoms with Gasteiger partial charge >= 0.3 is 0 Å². The lowest BCUT2D eigenvalue weighted by atomic mass is 9.95. The van der Waals surface area contributed by atoms with Crippen molar-refractivity contribution in [3.8, 4) is 11.5 Å². The number of halogens is 2. The number of nitrogens with zero attached hydrogens (tertiary/aromatic N) is 2. The molecule has 1 fully saturated rings. The maximum atomic E-state index is 14.9. The minimum Gasteiger partial charge on any atom is -0.445 e. The van der Waals surface area contributed by atoms with Crippen molar-refractivity contribution < 1.29 is 17.2 Å². The van der Waals surface area contributed by atoms with Crippen LogP contribution >= 0.6 is 11.6 Å². The summed E-state index contributed by atoms with van der Waals surface area (Å²) in [5, 5.41) is 0.464. The second kappa shape index (κ2) is 8.88. The molecule has 4 rings (SSSR count). The predicted octanol–water partition coefficient (Wildman–Crippen LogP) is 5.66. The summed E-state index contributed by atoms with van der Waals surface area (Å²) in [6, 6.07) is 10.6. The molecule has 0 atom stereocenters. The summed E-state index contributed by atoms with van der Waals surface area (Å²) in [4.78, 5) is 4.19. The van der Waals surface area contributed by atoms with Crippen LogP contribution in [0.5, 0.6) is 0 Å². The van der Waals surface area contributed by atoms with Gasteiger partial charge in [0.1, 0.15) is 12.1 Å². The Labute approximate surface area is 180 Å². The highest BCUT2D eigenvalue weighted by molar-refractivity contribution is 7.89. The molecule has 30 heavy (non-hydrogen) atoms. The van der Waals surface area contributed by atoms with Gasteiger partial charge in [-0.2, -0.15) is 4.31 Å². The van der Waals surface area contributed by atoms with E-state index in [1.807, 2.05) is 0 Å². The number of hydrogen-bond acceptors (Lipinski definition) is 4.